The van der Waals surface area contributed by atoms with Gasteiger partial charge in [-0.15, -0.1) is 5.54 Å². The third-order valence-corrected chi connectivity index (χ3v) is 26.8. The molecule has 71 heavy (non-hydrogen) atoms. The maximum Gasteiger partial charge on any atom is 0.319 e. The molecule has 5 heterocycles. The van der Waals surface area contributed by atoms with Crippen LogP contribution in [0.2, 0.25) is 34.8 Å². The van der Waals surface area contributed by atoms with Crippen LogP contribution in [0.25, 0.3) is 32.8 Å². The van der Waals surface area contributed by atoms with Crippen molar-refractivity contribution in [1.82, 2.24) is 24.6 Å². The van der Waals surface area contributed by atoms with Gasteiger partial charge in [0, 0.05) is 44.1 Å². The van der Waals surface area contributed by atoms with Gasteiger partial charge in [0.25, 0.3) is 0 Å². The average Bonchev–Trinajstić information content (AvgIpc) is 3.93. The number of aryl methyl sites for hydroxylation is 1. The van der Waals surface area contributed by atoms with Gasteiger partial charge in [0.1, 0.15) is 43.8 Å². The van der Waals surface area contributed by atoms with E-state index in [1.54, 1.807) is 12.1 Å². The zero-order valence-corrected chi connectivity index (χ0v) is 45.9. The standard InChI is InChI=1S/C54H72F4N6O5Si2/c1-33(2)71(34(3)4,35(5)6)23-18-41-43(56)17-16-36-24-40(68-32-65-10)26-42(44(36)41)45-47(57)49-46(50(66-11)48(45)58)51(60-52(59-49)67-31-54-19-14-21-63(54)28-37(55)27-54)62-20-15-22-64-39(29-62)25-38(61-64)30-69-70(12,13)53(7,8)9/h16-17,24-26,33-35,37H,14-15,19-22,27-32H2,1-13H3/t37-,54+/m1/s1. The van der Waals surface area contributed by atoms with Crippen LogP contribution >= 0.6 is 0 Å². The van der Waals surface area contributed by atoms with Crippen LogP contribution in [0.15, 0.2) is 30.3 Å². The third-order valence-electron chi connectivity index (χ3n) is 16.1. The van der Waals surface area contributed by atoms with Crippen LogP contribution in [0.4, 0.5) is 23.4 Å². The predicted molar refractivity (Wildman–Crippen MR) is 278 cm³/mol. The topological polar surface area (TPSA) is 96.2 Å². The van der Waals surface area contributed by atoms with Crippen molar-refractivity contribution in [3.63, 3.8) is 0 Å². The number of rotatable bonds is 15. The van der Waals surface area contributed by atoms with E-state index in [0.717, 1.165) is 30.8 Å². The third kappa shape index (κ3) is 9.80. The molecule has 0 N–H and O–H groups in total. The summed E-state index contributed by atoms with van der Waals surface area (Å²) >= 11 is 0. The summed E-state index contributed by atoms with van der Waals surface area (Å²) in [5.74, 6) is 0.717. The number of hydrogen-bond acceptors (Lipinski definition) is 10. The Labute approximate surface area is 419 Å². The van der Waals surface area contributed by atoms with E-state index in [1.807, 2.05) is 15.6 Å². The van der Waals surface area contributed by atoms with E-state index in [9.17, 15) is 0 Å². The molecule has 5 aromatic rings. The van der Waals surface area contributed by atoms with Crippen molar-refractivity contribution in [2.45, 2.75) is 154 Å². The number of methoxy groups -OCH3 is 2. The summed E-state index contributed by atoms with van der Waals surface area (Å²) in [6.07, 6.45) is 1.55. The predicted octanol–water partition coefficient (Wildman–Crippen LogP) is 12.5. The molecule has 2 fully saturated rings. The van der Waals surface area contributed by atoms with Gasteiger partial charge in [-0.25, -0.2) is 17.6 Å². The lowest BCUT2D eigenvalue weighted by molar-refractivity contribution is 0.0512. The lowest BCUT2D eigenvalue weighted by Gasteiger charge is -2.38. The molecule has 384 valence electrons. The van der Waals surface area contributed by atoms with Gasteiger partial charge in [0.15, 0.2) is 32.5 Å². The second-order valence-corrected chi connectivity index (χ2v) is 32.7. The maximum atomic E-state index is 18.4. The average molecular weight is 1020 g/mol. The molecule has 11 nitrogen and oxygen atoms in total. The zero-order chi connectivity index (χ0) is 51.4. The van der Waals surface area contributed by atoms with Crippen LogP contribution in [0, 0.1) is 28.9 Å². The Kier molecular flexibility index (Phi) is 15.0. The molecule has 3 aliphatic heterocycles. The van der Waals surface area contributed by atoms with Crippen LogP contribution in [-0.2, 0) is 28.9 Å². The first-order valence-corrected chi connectivity index (χ1v) is 30.3. The molecule has 2 saturated heterocycles. The molecule has 0 amide bonds. The molecular formula is C54H72F4N6O5Si2. The van der Waals surface area contributed by atoms with Crippen LogP contribution in [-0.4, -0.2) is 100 Å². The molecule has 2 aromatic heterocycles. The van der Waals surface area contributed by atoms with Crippen molar-refractivity contribution in [2.24, 2.45) is 0 Å². The second-order valence-electron chi connectivity index (χ2n) is 22.3. The van der Waals surface area contributed by atoms with Crippen molar-refractivity contribution in [3.8, 4) is 40.1 Å². The number of halogens is 4. The maximum absolute atomic E-state index is 18.4. The van der Waals surface area contributed by atoms with Gasteiger partial charge >= 0.3 is 6.01 Å². The summed E-state index contributed by atoms with van der Waals surface area (Å²) in [6.45, 7) is 26.7. The Balaban J connectivity index is 1.34. The van der Waals surface area contributed by atoms with Gasteiger partial charge in [-0.05, 0) is 90.2 Å². The van der Waals surface area contributed by atoms with Crippen molar-refractivity contribution < 1.29 is 40.9 Å². The number of aromatic nitrogens is 4. The van der Waals surface area contributed by atoms with Gasteiger partial charge in [-0.3, -0.25) is 9.58 Å². The molecule has 0 spiro atoms. The smallest absolute Gasteiger partial charge is 0.319 e. The molecule has 3 aliphatic rings. The minimum Gasteiger partial charge on any atom is -0.493 e. The summed E-state index contributed by atoms with van der Waals surface area (Å²) < 4.78 is 100. The lowest BCUT2D eigenvalue weighted by atomic mass is 9.92. The van der Waals surface area contributed by atoms with E-state index in [2.05, 4.69) is 91.8 Å². The SMILES string of the molecule is COCOc1cc(-c2c(F)c(OC)c3c(N4CCCn5nc(CO[Si](C)(C)C(C)(C)C)cc5C4)nc(OC[C@@]45CCCN4C[C@H](F)C5)nc3c2F)c2c(C#C[Si](C(C)C)(C(C)C)C(C)C)c(F)ccc2c1. The van der Waals surface area contributed by atoms with Gasteiger partial charge in [0.2, 0.25) is 0 Å². The Morgan fingerprint density at radius 1 is 0.887 bits per heavy atom. The molecule has 8 rings (SSSR count). The van der Waals surface area contributed by atoms with Crippen molar-refractivity contribution in [3.05, 3.63) is 64.7 Å². The van der Waals surface area contributed by atoms with Gasteiger partial charge in [0.05, 0.1) is 53.7 Å². The highest BCUT2D eigenvalue weighted by Gasteiger charge is 2.50. The van der Waals surface area contributed by atoms with Crippen LogP contribution in [0.5, 0.6) is 17.5 Å². The number of fused-ring (bicyclic) bond motifs is 4. The lowest BCUT2D eigenvalue weighted by Crippen LogP contribution is -2.43. The van der Waals surface area contributed by atoms with E-state index in [-0.39, 0.29) is 92.3 Å². The molecule has 0 saturated carbocycles. The summed E-state index contributed by atoms with van der Waals surface area (Å²) in [5, 5.41) is 5.62. The van der Waals surface area contributed by atoms with Crippen LogP contribution in [0.3, 0.4) is 0 Å². The molecule has 0 aliphatic carbocycles. The first kappa shape index (κ1) is 52.6. The summed E-state index contributed by atoms with van der Waals surface area (Å²) in [4.78, 5) is 13.8. The minimum atomic E-state index is -2.43. The summed E-state index contributed by atoms with van der Waals surface area (Å²) in [5.41, 5.74) is 4.70. The monoisotopic (exact) mass is 1020 g/mol. The Morgan fingerprint density at radius 2 is 1.62 bits per heavy atom. The molecule has 3 aromatic carbocycles. The van der Waals surface area contributed by atoms with Gasteiger partial charge in [-0.1, -0.05) is 74.3 Å². The highest BCUT2D eigenvalue weighted by atomic mass is 28.4. The number of hydrogen-bond donors (Lipinski definition) is 0. The minimum absolute atomic E-state index is 0.00210. The molecule has 17 heteroatoms. The Hall–Kier alpha value is -4.74. The Bertz CT molecular complexity index is 2840. The fourth-order valence-corrected chi connectivity index (χ4v) is 17.5. The van der Waals surface area contributed by atoms with Crippen molar-refractivity contribution >= 4 is 43.9 Å². The van der Waals surface area contributed by atoms with Crippen LogP contribution < -0.4 is 19.1 Å². The molecule has 0 radical (unpaired) electrons. The van der Waals surface area contributed by atoms with Crippen molar-refractivity contribution in [1.29, 1.82) is 0 Å². The number of alkyl halides is 1. The summed E-state index contributed by atoms with van der Waals surface area (Å²) in [6, 6.07) is 7.93. The fourth-order valence-electron chi connectivity index (χ4n) is 11.4. The highest BCUT2D eigenvalue weighted by Crippen LogP contribution is 2.48. The molecule has 0 bridgehead atoms. The van der Waals surface area contributed by atoms with E-state index in [1.165, 1.54) is 26.4 Å². The summed E-state index contributed by atoms with van der Waals surface area (Å²) in [7, 11) is -1.72. The number of benzene rings is 3. The number of ether oxygens (including phenoxy) is 4. The van der Waals surface area contributed by atoms with Gasteiger partial charge in [-0.2, -0.15) is 15.1 Å². The first-order valence-electron chi connectivity index (χ1n) is 25.2. The molecular weight excluding hydrogens is 945 g/mol. The fraction of sp³-hybridized carbons (Fsp3) is 0.574. The molecule has 2 atom stereocenters. The number of anilines is 1. The zero-order valence-electron chi connectivity index (χ0n) is 43.9. The first-order chi connectivity index (χ1) is 33.5. The van der Waals surface area contributed by atoms with E-state index >= 15 is 17.6 Å². The molecule has 0 unspecified atom stereocenters. The Morgan fingerprint density at radius 3 is 2.30 bits per heavy atom. The van der Waals surface area contributed by atoms with Gasteiger partial charge < -0.3 is 28.3 Å². The quantitative estimate of drug-likeness (QED) is 0.0436. The second kappa shape index (κ2) is 20.3. The highest BCUT2D eigenvalue weighted by molar-refractivity contribution is 6.90. The normalized spacial score (nSPS) is 18.9. The number of nitrogens with zero attached hydrogens (tertiary/aromatic N) is 6. The van der Waals surface area contributed by atoms with Crippen LogP contribution in [0.1, 0.15) is 105 Å². The largest absolute Gasteiger partial charge is 0.493 e. The van der Waals surface area contributed by atoms with E-state index < -0.39 is 51.1 Å². The van der Waals surface area contributed by atoms with E-state index in [0.29, 0.717) is 44.5 Å². The van der Waals surface area contributed by atoms with Crippen molar-refractivity contribution in [2.75, 3.05) is 52.2 Å². The van der Waals surface area contributed by atoms with E-state index in [4.69, 9.17) is 38.4 Å².